The molecule has 0 radical (unpaired) electrons. The van der Waals surface area contributed by atoms with Crippen molar-refractivity contribution in [2.45, 2.75) is 12.3 Å². The Balaban J connectivity index is 1.67. The molecular weight excluding hydrogens is 286 g/mol. The van der Waals surface area contributed by atoms with E-state index in [0.29, 0.717) is 16.6 Å². The summed E-state index contributed by atoms with van der Waals surface area (Å²) in [4.78, 5) is 16.0. The fraction of sp³-hybridized carbons (Fsp3) is 0.250. The van der Waals surface area contributed by atoms with Crippen LogP contribution in [0.1, 0.15) is 28.3 Å². The van der Waals surface area contributed by atoms with Gasteiger partial charge in [-0.2, -0.15) is 0 Å². The Labute approximate surface area is 128 Å². The van der Waals surface area contributed by atoms with Crippen molar-refractivity contribution in [3.05, 3.63) is 58.9 Å². The van der Waals surface area contributed by atoms with Gasteiger partial charge in [-0.3, -0.25) is 4.79 Å². The Morgan fingerprint density at radius 1 is 1.24 bits per heavy atom. The van der Waals surface area contributed by atoms with Crippen LogP contribution in [0.25, 0.3) is 0 Å². The van der Waals surface area contributed by atoms with Gasteiger partial charge in [0.25, 0.3) is 5.91 Å². The first-order valence-corrected chi connectivity index (χ1v) is 7.34. The molecule has 3 rings (SSSR count). The fourth-order valence-electron chi connectivity index (χ4n) is 2.49. The van der Waals surface area contributed by atoms with Gasteiger partial charge in [0.2, 0.25) is 0 Å². The van der Waals surface area contributed by atoms with Gasteiger partial charge >= 0.3 is 0 Å². The van der Waals surface area contributed by atoms with Crippen LogP contribution in [-0.4, -0.2) is 24.0 Å². The van der Waals surface area contributed by atoms with E-state index in [4.69, 9.17) is 11.6 Å². The topological polar surface area (TPSA) is 54.0 Å². The first-order chi connectivity index (χ1) is 10.2. The lowest BCUT2D eigenvalue weighted by Gasteiger charge is -2.10. The zero-order valence-electron chi connectivity index (χ0n) is 11.5. The van der Waals surface area contributed by atoms with E-state index in [1.165, 1.54) is 18.2 Å². The number of hydrogen-bond donors (Lipinski definition) is 2. The number of anilines is 1. The lowest BCUT2D eigenvalue weighted by molar-refractivity contribution is 0.102. The van der Waals surface area contributed by atoms with Gasteiger partial charge in [-0.25, -0.2) is 4.98 Å². The number of halogens is 1. The average Bonchev–Trinajstić information content (AvgIpc) is 3.03. The van der Waals surface area contributed by atoms with Crippen molar-refractivity contribution >= 4 is 23.2 Å². The van der Waals surface area contributed by atoms with Crippen molar-refractivity contribution in [2.75, 3.05) is 18.4 Å². The minimum Gasteiger partial charge on any atom is -0.322 e. The second-order valence-corrected chi connectivity index (χ2v) is 5.52. The lowest BCUT2D eigenvalue weighted by Crippen LogP contribution is -2.12. The van der Waals surface area contributed by atoms with Crippen LogP contribution in [-0.2, 0) is 0 Å². The van der Waals surface area contributed by atoms with E-state index in [1.807, 2.05) is 12.1 Å². The molecule has 0 bridgehead atoms. The molecule has 0 saturated carbocycles. The summed E-state index contributed by atoms with van der Waals surface area (Å²) >= 11 is 5.71. The van der Waals surface area contributed by atoms with Gasteiger partial charge in [-0.05, 0) is 48.7 Å². The molecule has 2 N–H and O–H groups in total. The smallest absolute Gasteiger partial charge is 0.257 e. The second-order valence-electron chi connectivity index (χ2n) is 5.14. The van der Waals surface area contributed by atoms with Crippen LogP contribution in [0.15, 0.2) is 42.6 Å². The number of nitrogens with zero attached hydrogens (tertiary/aromatic N) is 1. The Morgan fingerprint density at radius 3 is 2.67 bits per heavy atom. The monoisotopic (exact) mass is 301 g/mol. The van der Waals surface area contributed by atoms with Crippen LogP contribution in [0.5, 0.6) is 0 Å². The molecule has 2 heterocycles. The molecule has 4 nitrogen and oxygen atoms in total. The van der Waals surface area contributed by atoms with E-state index in [-0.39, 0.29) is 5.91 Å². The zero-order chi connectivity index (χ0) is 14.7. The van der Waals surface area contributed by atoms with Crippen LogP contribution in [0.2, 0.25) is 5.15 Å². The number of carbonyl (C=O) groups excluding carboxylic acids is 1. The van der Waals surface area contributed by atoms with Crippen molar-refractivity contribution in [1.29, 1.82) is 0 Å². The van der Waals surface area contributed by atoms with E-state index in [1.54, 1.807) is 12.1 Å². The number of benzene rings is 1. The first-order valence-electron chi connectivity index (χ1n) is 6.96. The minimum atomic E-state index is -0.186. The molecule has 1 aliphatic rings. The summed E-state index contributed by atoms with van der Waals surface area (Å²) in [6, 6.07) is 11.3. The fourth-order valence-corrected chi connectivity index (χ4v) is 2.60. The van der Waals surface area contributed by atoms with E-state index in [9.17, 15) is 4.79 Å². The maximum Gasteiger partial charge on any atom is 0.257 e. The van der Waals surface area contributed by atoms with Gasteiger partial charge < -0.3 is 10.6 Å². The van der Waals surface area contributed by atoms with E-state index in [0.717, 1.165) is 18.8 Å². The Morgan fingerprint density at radius 2 is 2.05 bits per heavy atom. The second kappa shape index (κ2) is 6.24. The summed E-state index contributed by atoms with van der Waals surface area (Å²) in [6.07, 6.45) is 2.64. The molecule has 0 unspecified atom stereocenters. The summed E-state index contributed by atoms with van der Waals surface area (Å²) < 4.78 is 0. The number of pyridine rings is 1. The van der Waals surface area contributed by atoms with Crippen molar-refractivity contribution in [1.82, 2.24) is 10.3 Å². The maximum atomic E-state index is 12.1. The molecule has 1 amide bonds. The minimum absolute atomic E-state index is 0.186. The van der Waals surface area contributed by atoms with Gasteiger partial charge in [0, 0.05) is 18.4 Å². The zero-order valence-corrected chi connectivity index (χ0v) is 12.2. The highest BCUT2D eigenvalue weighted by Crippen LogP contribution is 2.23. The molecule has 2 aromatic rings. The SMILES string of the molecule is O=C(Nc1ccc([C@@H]2CCNC2)cc1)c1ccc(Cl)nc1. The Bertz CT molecular complexity index is 619. The van der Waals surface area contributed by atoms with Crippen molar-refractivity contribution in [3.63, 3.8) is 0 Å². The third-order valence-corrected chi connectivity index (χ3v) is 3.91. The normalized spacial score (nSPS) is 17.7. The maximum absolute atomic E-state index is 12.1. The number of aromatic nitrogens is 1. The predicted octanol–water partition coefficient (Wildman–Crippen LogP) is 3.06. The molecule has 1 aliphatic heterocycles. The standard InChI is InChI=1S/C16H16ClN3O/c17-15-6-3-13(10-19-15)16(21)20-14-4-1-11(2-5-14)12-7-8-18-9-12/h1-6,10,12,18H,7-9H2,(H,20,21)/t12-/m1/s1. The number of rotatable bonds is 3. The van der Waals surface area contributed by atoms with Gasteiger partial charge in [-0.15, -0.1) is 0 Å². The first kappa shape index (κ1) is 14.0. The third kappa shape index (κ3) is 3.40. The molecule has 1 fully saturated rings. The molecule has 1 aromatic heterocycles. The molecule has 1 aromatic carbocycles. The molecular formula is C16H16ClN3O. The number of hydrogen-bond acceptors (Lipinski definition) is 3. The molecule has 108 valence electrons. The van der Waals surface area contributed by atoms with Gasteiger partial charge in [-0.1, -0.05) is 23.7 Å². The summed E-state index contributed by atoms with van der Waals surface area (Å²) in [5.74, 6) is 0.393. The summed E-state index contributed by atoms with van der Waals surface area (Å²) in [5.41, 5.74) is 2.58. The largest absolute Gasteiger partial charge is 0.322 e. The number of nitrogens with one attached hydrogen (secondary N) is 2. The van der Waals surface area contributed by atoms with E-state index < -0.39 is 0 Å². The highest BCUT2D eigenvalue weighted by Gasteiger charge is 2.16. The Hall–Kier alpha value is -1.91. The molecule has 0 aliphatic carbocycles. The lowest BCUT2D eigenvalue weighted by atomic mass is 9.98. The molecule has 1 atom stereocenters. The van der Waals surface area contributed by atoms with E-state index in [2.05, 4.69) is 27.8 Å². The summed E-state index contributed by atoms with van der Waals surface area (Å²) in [6.45, 7) is 2.11. The predicted molar refractivity (Wildman–Crippen MR) is 83.9 cm³/mol. The van der Waals surface area contributed by atoms with Gasteiger partial charge in [0.15, 0.2) is 0 Å². The van der Waals surface area contributed by atoms with Crippen LogP contribution < -0.4 is 10.6 Å². The number of carbonyl (C=O) groups is 1. The molecule has 21 heavy (non-hydrogen) atoms. The van der Waals surface area contributed by atoms with Gasteiger partial charge in [0.1, 0.15) is 5.15 Å². The van der Waals surface area contributed by atoms with Crippen molar-refractivity contribution in [3.8, 4) is 0 Å². The van der Waals surface area contributed by atoms with Crippen LogP contribution in [0.4, 0.5) is 5.69 Å². The molecule has 5 heteroatoms. The van der Waals surface area contributed by atoms with Crippen LogP contribution >= 0.6 is 11.6 Å². The highest BCUT2D eigenvalue weighted by molar-refractivity contribution is 6.29. The molecule has 1 saturated heterocycles. The van der Waals surface area contributed by atoms with Gasteiger partial charge in [0.05, 0.1) is 5.56 Å². The average molecular weight is 302 g/mol. The number of amides is 1. The quantitative estimate of drug-likeness (QED) is 0.857. The van der Waals surface area contributed by atoms with Crippen molar-refractivity contribution < 1.29 is 4.79 Å². The highest BCUT2D eigenvalue weighted by atomic mass is 35.5. The van der Waals surface area contributed by atoms with Crippen LogP contribution in [0.3, 0.4) is 0 Å². The summed E-state index contributed by atoms with van der Waals surface area (Å²) in [7, 11) is 0. The third-order valence-electron chi connectivity index (χ3n) is 3.69. The van der Waals surface area contributed by atoms with E-state index >= 15 is 0 Å². The summed E-state index contributed by atoms with van der Waals surface area (Å²) in [5, 5.41) is 6.59. The Kier molecular flexibility index (Phi) is 4.18. The van der Waals surface area contributed by atoms with Crippen LogP contribution in [0, 0.1) is 0 Å². The van der Waals surface area contributed by atoms with Crippen molar-refractivity contribution in [2.24, 2.45) is 0 Å². The molecule has 0 spiro atoms.